The van der Waals surface area contributed by atoms with E-state index in [1.54, 1.807) is 17.7 Å². The van der Waals surface area contributed by atoms with Crippen molar-refractivity contribution in [1.29, 1.82) is 0 Å². The van der Waals surface area contributed by atoms with Crippen molar-refractivity contribution in [2.45, 2.75) is 20.3 Å². The van der Waals surface area contributed by atoms with Crippen LogP contribution >= 0.6 is 11.3 Å². The van der Waals surface area contributed by atoms with Gasteiger partial charge in [-0.2, -0.15) is 0 Å². The van der Waals surface area contributed by atoms with Gasteiger partial charge in [0.2, 0.25) is 0 Å². The van der Waals surface area contributed by atoms with Gasteiger partial charge >= 0.3 is 0 Å². The molecule has 22 heavy (non-hydrogen) atoms. The average molecular weight is 312 g/mol. The summed E-state index contributed by atoms with van der Waals surface area (Å²) in [6.45, 7) is 5.75. The Bertz CT molecular complexity index is 777. The van der Waals surface area contributed by atoms with Crippen LogP contribution in [0.1, 0.15) is 16.9 Å². The van der Waals surface area contributed by atoms with Gasteiger partial charge < -0.3 is 11.1 Å². The van der Waals surface area contributed by atoms with Crippen molar-refractivity contribution in [3.05, 3.63) is 41.0 Å². The molecule has 5 heteroatoms. The number of rotatable bonds is 5. The molecule has 3 N–H and O–H groups in total. The molecule has 0 amide bonds. The van der Waals surface area contributed by atoms with Crippen LogP contribution in [0.5, 0.6) is 0 Å². The lowest BCUT2D eigenvalue weighted by Crippen LogP contribution is -2.09. The summed E-state index contributed by atoms with van der Waals surface area (Å²) in [5.41, 5.74) is 9.28. The number of fused-ring (bicyclic) bond motifs is 1. The number of hydrogen-bond acceptors (Lipinski definition) is 5. The van der Waals surface area contributed by atoms with Gasteiger partial charge in [0.05, 0.1) is 5.39 Å². The Hall–Kier alpha value is -1.98. The van der Waals surface area contributed by atoms with Crippen molar-refractivity contribution < 1.29 is 0 Å². The maximum Gasteiger partial charge on any atom is 0.138 e. The van der Waals surface area contributed by atoms with E-state index in [4.69, 9.17) is 5.73 Å². The van der Waals surface area contributed by atoms with Crippen LogP contribution in [0, 0.1) is 13.8 Å². The topological polar surface area (TPSA) is 63.8 Å². The monoisotopic (exact) mass is 312 g/mol. The lowest BCUT2D eigenvalue weighted by atomic mass is 10.0. The third-order valence-electron chi connectivity index (χ3n) is 3.68. The van der Waals surface area contributed by atoms with Crippen LogP contribution in [0.25, 0.3) is 21.3 Å². The molecule has 0 unspecified atom stereocenters. The van der Waals surface area contributed by atoms with Crippen LogP contribution in [0.4, 0.5) is 5.82 Å². The standard InChI is InChI=1S/C17H20N4S/c1-11-4-6-13(7-5-11)14-12(2)22-17-15(14)16(20-10-21-17)19-9-3-8-18/h4-7,10H,3,8-9,18H2,1-2H3,(H,19,20,21). The number of aromatic nitrogens is 2. The van der Waals surface area contributed by atoms with Crippen molar-refractivity contribution in [2.75, 3.05) is 18.4 Å². The Labute approximate surface area is 134 Å². The summed E-state index contributed by atoms with van der Waals surface area (Å²) in [5.74, 6) is 0.901. The normalized spacial score (nSPS) is 11.0. The second kappa shape index (κ2) is 6.42. The summed E-state index contributed by atoms with van der Waals surface area (Å²) < 4.78 is 0. The number of thiophene rings is 1. The summed E-state index contributed by atoms with van der Waals surface area (Å²) in [5, 5.41) is 4.52. The summed E-state index contributed by atoms with van der Waals surface area (Å²) >= 11 is 1.72. The van der Waals surface area contributed by atoms with E-state index in [9.17, 15) is 0 Å². The Balaban J connectivity index is 2.12. The van der Waals surface area contributed by atoms with Crippen molar-refractivity contribution in [2.24, 2.45) is 5.73 Å². The highest BCUT2D eigenvalue weighted by molar-refractivity contribution is 7.19. The third kappa shape index (κ3) is 2.82. The molecule has 2 heterocycles. The fourth-order valence-corrected chi connectivity index (χ4v) is 3.57. The first-order valence-electron chi connectivity index (χ1n) is 7.46. The predicted octanol–water partition coefficient (Wildman–Crippen LogP) is 3.74. The zero-order valence-electron chi connectivity index (χ0n) is 12.9. The van der Waals surface area contributed by atoms with Crippen molar-refractivity contribution in [3.63, 3.8) is 0 Å². The molecule has 0 aliphatic rings. The van der Waals surface area contributed by atoms with Gasteiger partial charge in [-0.25, -0.2) is 9.97 Å². The Kier molecular flexibility index (Phi) is 4.36. The van der Waals surface area contributed by atoms with Gasteiger partial charge in [-0.1, -0.05) is 29.8 Å². The number of nitrogens with two attached hydrogens (primary N) is 1. The minimum atomic E-state index is 0.675. The molecule has 0 saturated heterocycles. The Morgan fingerprint density at radius 1 is 1.14 bits per heavy atom. The first-order chi connectivity index (χ1) is 10.7. The van der Waals surface area contributed by atoms with E-state index in [2.05, 4.69) is 53.4 Å². The molecular formula is C17H20N4S. The largest absolute Gasteiger partial charge is 0.369 e. The quantitative estimate of drug-likeness (QED) is 0.705. The average Bonchev–Trinajstić information content (AvgIpc) is 2.85. The smallest absolute Gasteiger partial charge is 0.138 e. The highest BCUT2D eigenvalue weighted by atomic mass is 32.1. The lowest BCUT2D eigenvalue weighted by Gasteiger charge is -2.08. The molecule has 0 radical (unpaired) electrons. The zero-order chi connectivity index (χ0) is 15.5. The van der Waals surface area contributed by atoms with E-state index < -0.39 is 0 Å². The van der Waals surface area contributed by atoms with Crippen LogP contribution in [-0.2, 0) is 0 Å². The number of aryl methyl sites for hydroxylation is 2. The molecule has 0 aliphatic heterocycles. The second-order valence-electron chi connectivity index (χ2n) is 5.37. The van der Waals surface area contributed by atoms with Gasteiger partial charge in [-0.3, -0.25) is 0 Å². The van der Waals surface area contributed by atoms with E-state index in [1.165, 1.54) is 21.6 Å². The molecule has 3 rings (SSSR count). The maximum atomic E-state index is 5.57. The summed E-state index contributed by atoms with van der Waals surface area (Å²) in [4.78, 5) is 11.2. The minimum absolute atomic E-state index is 0.675. The minimum Gasteiger partial charge on any atom is -0.369 e. The van der Waals surface area contributed by atoms with Gasteiger partial charge in [0.1, 0.15) is 17.0 Å². The van der Waals surface area contributed by atoms with Crippen molar-refractivity contribution in [3.8, 4) is 11.1 Å². The van der Waals surface area contributed by atoms with E-state index in [0.29, 0.717) is 6.54 Å². The molecule has 0 spiro atoms. The molecule has 114 valence electrons. The Morgan fingerprint density at radius 3 is 2.64 bits per heavy atom. The number of hydrogen-bond donors (Lipinski definition) is 2. The highest BCUT2D eigenvalue weighted by Gasteiger charge is 2.16. The second-order valence-corrected chi connectivity index (χ2v) is 6.57. The molecular weight excluding hydrogens is 292 g/mol. The molecule has 0 saturated carbocycles. The van der Waals surface area contributed by atoms with Gasteiger partial charge in [0.25, 0.3) is 0 Å². The maximum absolute atomic E-state index is 5.57. The molecule has 0 bridgehead atoms. The number of anilines is 1. The molecule has 4 nitrogen and oxygen atoms in total. The summed E-state index contributed by atoms with van der Waals surface area (Å²) in [6.07, 6.45) is 2.55. The van der Waals surface area contributed by atoms with E-state index >= 15 is 0 Å². The Morgan fingerprint density at radius 2 is 1.91 bits per heavy atom. The summed E-state index contributed by atoms with van der Waals surface area (Å²) in [6, 6.07) is 8.62. The van der Waals surface area contributed by atoms with Crippen LogP contribution in [-0.4, -0.2) is 23.1 Å². The van der Waals surface area contributed by atoms with E-state index in [1.807, 2.05) is 0 Å². The number of benzene rings is 1. The molecule has 2 aromatic heterocycles. The van der Waals surface area contributed by atoms with Crippen LogP contribution in [0.2, 0.25) is 0 Å². The molecule has 0 aliphatic carbocycles. The highest BCUT2D eigenvalue weighted by Crippen LogP contribution is 2.40. The van der Waals surface area contributed by atoms with Gasteiger partial charge in [0, 0.05) is 17.0 Å². The predicted molar refractivity (Wildman–Crippen MR) is 94.5 cm³/mol. The molecule has 1 aromatic carbocycles. The summed E-state index contributed by atoms with van der Waals surface area (Å²) in [7, 11) is 0. The van der Waals surface area contributed by atoms with Crippen LogP contribution in [0.15, 0.2) is 30.6 Å². The first kappa shape index (κ1) is 14.9. The van der Waals surface area contributed by atoms with Gasteiger partial charge in [-0.05, 0) is 32.4 Å². The zero-order valence-corrected chi connectivity index (χ0v) is 13.7. The van der Waals surface area contributed by atoms with Crippen molar-refractivity contribution >= 4 is 27.4 Å². The molecule has 3 aromatic rings. The SMILES string of the molecule is Cc1ccc(-c2c(C)sc3ncnc(NCCCN)c23)cc1. The van der Waals surface area contributed by atoms with E-state index in [-0.39, 0.29) is 0 Å². The van der Waals surface area contributed by atoms with Gasteiger partial charge in [-0.15, -0.1) is 11.3 Å². The molecule has 0 atom stereocenters. The number of nitrogens with zero attached hydrogens (tertiary/aromatic N) is 2. The fourth-order valence-electron chi connectivity index (χ4n) is 2.55. The fraction of sp³-hybridized carbons (Fsp3) is 0.294. The lowest BCUT2D eigenvalue weighted by molar-refractivity contribution is 0.871. The third-order valence-corrected chi connectivity index (χ3v) is 4.69. The van der Waals surface area contributed by atoms with Crippen molar-refractivity contribution in [1.82, 2.24) is 9.97 Å². The number of nitrogens with one attached hydrogen (secondary N) is 1. The molecule has 0 fully saturated rings. The van der Waals surface area contributed by atoms with Gasteiger partial charge in [0.15, 0.2) is 0 Å². The first-order valence-corrected chi connectivity index (χ1v) is 8.27. The van der Waals surface area contributed by atoms with E-state index in [0.717, 1.165) is 29.0 Å². The van der Waals surface area contributed by atoms with Crippen LogP contribution < -0.4 is 11.1 Å². The van der Waals surface area contributed by atoms with Crippen LogP contribution in [0.3, 0.4) is 0 Å².